The number of benzene rings is 1. The van der Waals surface area contributed by atoms with Crippen molar-refractivity contribution in [2.75, 3.05) is 27.3 Å². The van der Waals surface area contributed by atoms with Gasteiger partial charge in [0.05, 0.1) is 14.2 Å². The Morgan fingerprint density at radius 2 is 1.79 bits per heavy atom. The zero-order valence-electron chi connectivity index (χ0n) is 14.5. The van der Waals surface area contributed by atoms with Gasteiger partial charge < -0.3 is 18.9 Å². The quantitative estimate of drug-likeness (QED) is 0.717. The Kier molecular flexibility index (Phi) is 6.31. The summed E-state index contributed by atoms with van der Waals surface area (Å²) in [5.74, 6) is 1.38. The molecule has 0 fully saturated rings. The van der Waals surface area contributed by atoms with Crippen LogP contribution in [0.1, 0.15) is 29.9 Å². The van der Waals surface area contributed by atoms with Crippen LogP contribution in [0.4, 0.5) is 0 Å². The van der Waals surface area contributed by atoms with Gasteiger partial charge >= 0.3 is 0 Å². The highest BCUT2D eigenvalue weighted by Gasteiger charge is 2.17. The van der Waals surface area contributed by atoms with Crippen molar-refractivity contribution in [1.82, 2.24) is 9.47 Å². The maximum Gasteiger partial charge on any atom is 0.270 e. The van der Waals surface area contributed by atoms with Crippen molar-refractivity contribution in [3.8, 4) is 11.5 Å². The molecule has 1 amide bonds. The molecule has 0 aliphatic carbocycles. The van der Waals surface area contributed by atoms with Gasteiger partial charge in [0.1, 0.15) is 5.69 Å². The van der Waals surface area contributed by atoms with Crippen molar-refractivity contribution in [3.05, 3.63) is 46.2 Å². The second-order valence-electron chi connectivity index (χ2n) is 5.30. The Bertz CT molecular complexity index is 708. The Balaban J connectivity index is 2.33. The van der Waals surface area contributed by atoms with Crippen molar-refractivity contribution in [2.45, 2.75) is 20.4 Å². The molecule has 0 aliphatic heterocycles. The maximum atomic E-state index is 12.6. The number of hydrogen-bond acceptors (Lipinski definition) is 3. The van der Waals surface area contributed by atoms with Crippen molar-refractivity contribution < 1.29 is 14.3 Å². The summed E-state index contributed by atoms with van der Waals surface area (Å²) in [6.07, 6.45) is 1.92. The van der Waals surface area contributed by atoms with Gasteiger partial charge in [-0.05, 0) is 43.7 Å². The zero-order valence-corrected chi connectivity index (χ0v) is 16.1. The summed E-state index contributed by atoms with van der Waals surface area (Å²) in [5, 5.41) is 0. The van der Waals surface area contributed by atoms with E-state index in [1.54, 1.807) is 14.2 Å². The van der Waals surface area contributed by atoms with Gasteiger partial charge in [0.25, 0.3) is 5.91 Å². The Morgan fingerprint density at radius 3 is 2.38 bits per heavy atom. The number of rotatable bonds is 7. The van der Waals surface area contributed by atoms with Gasteiger partial charge in [-0.3, -0.25) is 4.79 Å². The van der Waals surface area contributed by atoms with Gasteiger partial charge in [-0.2, -0.15) is 0 Å². The Morgan fingerprint density at radius 1 is 1.17 bits per heavy atom. The molecule has 0 atom stereocenters. The number of aromatic nitrogens is 1. The van der Waals surface area contributed by atoms with E-state index in [1.165, 1.54) is 0 Å². The molecular weight excluding hydrogens is 372 g/mol. The van der Waals surface area contributed by atoms with Crippen molar-refractivity contribution >= 4 is 21.8 Å². The summed E-state index contributed by atoms with van der Waals surface area (Å²) in [6, 6.07) is 7.55. The zero-order chi connectivity index (χ0) is 17.7. The molecule has 0 unspecified atom stereocenters. The van der Waals surface area contributed by atoms with E-state index in [2.05, 4.69) is 15.9 Å². The predicted molar refractivity (Wildman–Crippen MR) is 98.0 cm³/mol. The fraction of sp³-hybridized carbons (Fsp3) is 0.389. The number of carbonyl (C=O) groups excluding carboxylic acids is 1. The molecule has 1 aromatic carbocycles. The van der Waals surface area contributed by atoms with Crippen LogP contribution >= 0.6 is 15.9 Å². The Hall–Kier alpha value is -1.95. The number of halogens is 1. The second-order valence-corrected chi connectivity index (χ2v) is 6.15. The van der Waals surface area contributed by atoms with Gasteiger partial charge in [-0.15, -0.1) is 0 Å². The van der Waals surface area contributed by atoms with Crippen molar-refractivity contribution in [1.29, 1.82) is 0 Å². The van der Waals surface area contributed by atoms with E-state index in [0.717, 1.165) is 10.0 Å². The lowest BCUT2D eigenvalue weighted by molar-refractivity contribution is 0.0762. The fourth-order valence-corrected chi connectivity index (χ4v) is 3.07. The first-order valence-corrected chi connectivity index (χ1v) is 8.69. The van der Waals surface area contributed by atoms with Crippen LogP contribution in [0.5, 0.6) is 11.5 Å². The van der Waals surface area contributed by atoms with Crippen LogP contribution in [0, 0.1) is 0 Å². The number of carbonyl (C=O) groups is 1. The summed E-state index contributed by atoms with van der Waals surface area (Å²) in [7, 11) is 3.22. The van der Waals surface area contributed by atoms with E-state index in [9.17, 15) is 4.79 Å². The van der Waals surface area contributed by atoms with Crippen molar-refractivity contribution in [3.63, 3.8) is 0 Å². The minimum absolute atomic E-state index is 0.0431. The van der Waals surface area contributed by atoms with Gasteiger partial charge in [-0.1, -0.05) is 15.9 Å². The highest BCUT2D eigenvalue weighted by molar-refractivity contribution is 9.10. The lowest BCUT2D eigenvalue weighted by atomic mass is 10.2. The van der Waals surface area contributed by atoms with Gasteiger partial charge in [-0.25, -0.2) is 0 Å². The molecule has 130 valence electrons. The van der Waals surface area contributed by atoms with E-state index >= 15 is 0 Å². The van der Waals surface area contributed by atoms with Gasteiger partial charge in [0.2, 0.25) is 0 Å². The molecular formula is C18H23BrN2O3. The third-order valence-corrected chi connectivity index (χ3v) is 4.73. The highest BCUT2D eigenvalue weighted by atomic mass is 79.9. The van der Waals surface area contributed by atoms with E-state index in [0.29, 0.717) is 36.8 Å². The van der Waals surface area contributed by atoms with E-state index in [4.69, 9.17) is 9.47 Å². The molecule has 0 bridgehead atoms. The number of methoxy groups -OCH3 is 2. The summed E-state index contributed by atoms with van der Waals surface area (Å²) >= 11 is 3.57. The first kappa shape index (κ1) is 18.4. The average molecular weight is 395 g/mol. The minimum atomic E-state index is 0.0431. The molecule has 2 rings (SSSR count). The topological polar surface area (TPSA) is 43.7 Å². The minimum Gasteiger partial charge on any atom is -0.493 e. The lowest BCUT2D eigenvalue weighted by Crippen LogP contribution is -2.32. The summed E-state index contributed by atoms with van der Waals surface area (Å²) in [5.41, 5.74) is 1.69. The van der Waals surface area contributed by atoms with E-state index in [-0.39, 0.29) is 5.91 Å². The second kappa shape index (κ2) is 8.24. The molecule has 0 saturated heterocycles. The monoisotopic (exact) mass is 394 g/mol. The molecule has 6 heteroatoms. The van der Waals surface area contributed by atoms with Crippen LogP contribution in [0.3, 0.4) is 0 Å². The van der Waals surface area contributed by atoms with E-state index in [1.807, 2.05) is 53.8 Å². The van der Waals surface area contributed by atoms with Crippen LogP contribution in [0.25, 0.3) is 0 Å². The first-order chi connectivity index (χ1) is 11.5. The largest absolute Gasteiger partial charge is 0.493 e. The number of ether oxygens (including phenoxy) is 2. The normalized spacial score (nSPS) is 10.5. The molecule has 5 nitrogen and oxygen atoms in total. The molecule has 1 aromatic heterocycles. The van der Waals surface area contributed by atoms with Crippen LogP contribution in [0.15, 0.2) is 34.9 Å². The average Bonchev–Trinajstić information content (AvgIpc) is 3.05. The third kappa shape index (κ3) is 3.75. The summed E-state index contributed by atoms with van der Waals surface area (Å²) in [4.78, 5) is 14.5. The molecule has 0 aliphatic rings. The number of amides is 1. The van der Waals surface area contributed by atoms with Crippen LogP contribution in [0.2, 0.25) is 0 Å². The highest BCUT2D eigenvalue weighted by Crippen LogP contribution is 2.33. The third-order valence-electron chi connectivity index (χ3n) is 3.99. The molecule has 24 heavy (non-hydrogen) atoms. The van der Waals surface area contributed by atoms with Gasteiger partial charge in [0.15, 0.2) is 11.5 Å². The molecule has 2 aromatic rings. The first-order valence-electron chi connectivity index (χ1n) is 7.90. The predicted octanol–water partition coefficient (Wildman–Crippen LogP) is 3.80. The SMILES string of the molecule is CCN(CC)C(=O)c1cccn1Cc1cc(OC)c(OC)cc1Br. The smallest absolute Gasteiger partial charge is 0.270 e. The van der Waals surface area contributed by atoms with Crippen LogP contribution in [-0.4, -0.2) is 42.7 Å². The Labute approximate surface area is 151 Å². The van der Waals surface area contributed by atoms with E-state index < -0.39 is 0 Å². The van der Waals surface area contributed by atoms with Crippen LogP contribution < -0.4 is 9.47 Å². The molecule has 1 heterocycles. The summed E-state index contributed by atoms with van der Waals surface area (Å²) < 4.78 is 13.5. The number of nitrogens with zero attached hydrogens (tertiary/aromatic N) is 2. The molecule has 0 radical (unpaired) electrons. The number of hydrogen-bond donors (Lipinski definition) is 0. The lowest BCUT2D eigenvalue weighted by Gasteiger charge is -2.20. The standard InChI is InChI=1S/C18H23BrN2O3/c1-5-20(6-2)18(22)15-8-7-9-21(15)12-13-10-16(23-3)17(24-4)11-14(13)19/h7-11H,5-6,12H2,1-4H3. The molecule has 0 N–H and O–H groups in total. The van der Waals surface area contributed by atoms with Crippen LogP contribution in [-0.2, 0) is 6.54 Å². The summed E-state index contributed by atoms with van der Waals surface area (Å²) in [6.45, 7) is 5.93. The van der Waals surface area contributed by atoms with Gasteiger partial charge in [0, 0.05) is 30.3 Å². The molecule has 0 saturated carbocycles. The molecule has 0 spiro atoms. The van der Waals surface area contributed by atoms with Crippen molar-refractivity contribution in [2.24, 2.45) is 0 Å². The fourth-order valence-electron chi connectivity index (χ4n) is 2.62. The maximum absolute atomic E-state index is 12.6.